The van der Waals surface area contributed by atoms with E-state index >= 15 is 0 Å². The molecule has 4 heteroatoms. The zero-order chi connectivity index (χ0) is 16.8. The third kappa shape index (κ3) is 4.22. The van der Waals surface area contributed by atoms with Crippen LogP contribution in [0.1, 0.15) is 28.7 Å². The molecule has 0 bridgehead atoms. The van der Waals surface area contributed by atoms with Crippen LogP contribution in [-0.2, 0) is 35.4 Å². The second kappa shape index (κ2) is 7.77. The van der Waals surface area contributed by atoms with Gasteiger partial charge in [-0.05, 0) is 35.1 Å². The Morgan fingerprint density at radius 2 is 1.25 bits per heavy atom. The fourth-order valence-electron chi connectivity index (χ4n) is 3.05. The molecule has 124 valence electrons. The molecule has 0 aromatic heterocycles. The summed E-state index contributed by atoms with van der Waals surface area (Å²) < 4.78 is 0. The first kappa shape index (κ1) is 16.2. The second-order valence-electron chi connectivity index (χ2n) is 6.09. The van der Waals surface area contributed by atoms with Crippen LogP contribution in [0.5, 0.6) is 0 Å². The quantitative estimate of drug-likeness (QED) is 0.781. The predicted molar refractivity (Wildman–Crippen MR) is 93.5 cm³/mol. The molecule has 2 heterocycles. The van der Waals surface area contributed by atoms with Crippen molar-refractivity contribution in [3.05, 3.63) is 70.8 Å². The highest BCUT2D eigenvalue weighted by Crippen LogP contribution is 2.13. The number of amides is 2. The van der Waals surface area contributed by atoms with E-state index in [1.54, 1.807) is 0 Å². The van der Waals surface area contributed by atoms with Crippen LogP contribution in [0.15, 0.2) is 48.5 Å². The third-order valence-electron chi connectivity index (χ3n) is 4.40. The number of carbonyl (C=O) groups is 2. The minimum absolute atomic E-state index is 0.139. The molecule has 0 unspecified atom stereocenters. The van der Waals surface area contributed by atoms with Crippen molar-refractivity contribution in [3.63, 3.8) is 0 Å². The molecular weight excluding hydrogens is 300 g/mol. The Kier molecular flexibility index (Phi) is 5.26. The minimum atomic E-state index is 0.139. The van der Waals surface area contributed by atoms with Gasteiger partial charge in [0.2, 0.25) is 11.8 Å². The molecule has 0 spiro atoms. The fourth-order valence-corrected chi connectivity index (χ4v) is 3.05. The summed E-state index contributed by atoms with van der Waals surface area (Å²) in [6, 6.07) is 16.3. The molecule has 24 heavy (non-hydrogen) atoms. The van der Waals surface area contributed by atoms with E-state index in [1.165, 1.54) is 22.3 Å². The Balaban J connectivity index is 0.000000141. The Hall–Kier alpha value is -2.62. The van der Waals surface area contributed by atoms with Gasteiger partial charge in [0.05, 0.1) is 6.42 Å². The van der Waals surface area contributed by atoms with Gasteiger partial charge < -0.3 is 10.6 Å². The van der Waals surface area contributed by atoms with Gasteiger partial charge in [-0.25, -0.2) is 0 Å². The van der Waals surface area contributed by atoms with Gasteiger partial charge in [0.25, 0.3) is 0 Å². The highest BCUT2D eigenvalue weighted by Gasteiger charge is 2.11. The number of nitrogens with one attached hydrogen (secondary N) is 2. The monoisotopic (exact) mass is 322 g/mol. The second-order valence-corrected chi connectivity index (χ2v) is 6.09. The molecule has 2 amide bonds. The van der Waals surface area contributed by atoms with Crippen LogP contribution < -0.4 is 10.6 Å². The average molecular weight is 322 g/mol. The van der Waals surface area contributed by atoms with Crippen LogP contribution in [0.4, 0.5) is 0 Å². The SMILES string of the molecule is O=C1CCc2ccccc2CN1.O=C1Cc2ccccc2CCN1. The number of carbonyl (C=O) groups excluding carboxylic acids is 2. The number of rotatable bonds is 0. The normalized spacial score (nSPS) is 16.2. The van der Waals surface area contributed by atoms with Crippen LogP contribution in [0.25, 0.3) is 0 Å². The molecule has 2 aromatic carbocycles. The Bertz CT molecular complexity index is 711. The van der Waals surface area contributed by atoms with Crippen molar-refractivity contribution >= 4 is 11.8 Å². The highest BCUT2D eigenvalue weighted by atomic mass is 16.2. The fraction of sp³-hybridized carbons (Fsp3) is 0.300. The Morgan fingerprint density at radius 1 is 0.625 bits per heavy atom. The van der Waals surface area contributed by atoms with Gasteiger partial charge in [-0.15, -0.1) is 0 Å². The van der Waals surface area contributed by atoms with Gasteiger partial charge in [-0.3, -0.25) is 9.59 Å². The van der Waals surface area contributed by atoms with Gasteiger partial charge in [-0.1, -0.05) is 48.5 Å². The lowest BCUT2D eigenvalue weighted by Crippen LogP contribution is -2.24. The first-order valence-corrected chi connectivity index (χ1v) is 8.39. The molecular formula is C20H22N2O2. The summed E-state index contributed by atoms with van der Waals surface area (Å²) >= 11 is 0. The topological polar surface area (TPSA) is 58.2 Å². The number of hydrogen-bond acceptors (Lipinski definition) is 2. The maximum Gasteiger partial charge on any atom is 0.224 e. The molecule has 2 aromatic rings. The predicted octanol–water partition coefficient (Wildman–Crippen LogP) is 2.15. The zero-order valence-corrected chi connectivity index (χ0v) is 13.7. The van der Waals surface area contributed by atoms with E-state index in [9.17, 15) is 9.59 Å². The first-order chi connectivity index (χ1) is 11.7. The summed E-state index contributed by atoms with van der Waals surface area (Å²) in [7, 11) is 0. The molecule has 0 aliphatic carbocycles. The average Bonchev–Trinajstić information content (AvgIpc) is 2.91. The van der Waals surface area contributed by atoms with Gasteiger partial charge in [0.15, 0.2) is 0 Å². The molecule has 2 aliphatic heterocycles. The maximum absolute atomic E-state index is 11.1. The minimum Gasteiger partial charge on any atom is -0.355 e. The van der Waals surface area contributed by atoms with Crippen LogP contribution in [0.2, 0.25) is 0 Å². The van der Waals surface area contributed by atoms with E-state index in [4.69, 9.17) is 0 Å². The summed E-state index contributed by atoms with van der Waals surface area (Å²) in [5.41, 5.74) is 5.03. The molecule has 0 radical (unpaired) electrons. The lowest BCUT2D eigenvalue weighted by molar-refractivity contribution is -0.121. The van der Waals surface area contributed by atoms with E-state index in [-0.39, 0.29) is 11.8 Å². The molecule has 2 N–H and O–H groups in total. The van der Waals surface area contributed by atoms with E-state index in [1.807, 2.05) is 30.3 Å². The van der Waals surface area contributed by atoms with Crippen LogP contribution in [-0.4, -0.2) is 18.4 Å². The van der Waals surface area contributed by atoms with E-state index in [2.05, 4.69) is 28.8 Å². The smallest absolute Gasteiger partial charge is 0.224 e. The lowest BCUT2D eigenvalue weighted by atomic mass is 10.0. The Labute approximate surface area is 142 Å². The van der Waals surface area contributed by atoms with Gasteiger partial charge in [-0.2, -0.15) is 0 Å². The van der Waals surface area contributed by atoms with Crippen molar-refractivity contribution in [2.75, 3.05) is 6.54 Å². The number of fused-ring (bicyclic) bond motifs is 2. The van der Waals surface area contributed by atoms with E-state index in [0.717, 1.165) is 19.4 Å². The Morgan fingerprint density at radius 3 is 2.00 bits per heavy atom. The summed E-state index contributed by atoms with van der Waals surface area (Å²) in [5.74, 6) is 0.297. The van der Waals surface area contributed by atoms with Crippen molar-refractivity contribution in [1.82, 2.24) is 10.6 Å². The van der Waals surface area contributed by atoms with Crippen LogP contribution in [0.3, 0.4) is 0 Å². The first-order valence-electron chi connectivity index (χ1n) is 8.39. The summed E-state index contributed by atoms with van der Waals surface area (Å²) in [6.45, 7) is 1.46. The van der Waals surface area contributed by atoms with Crippen molar-refractivity contribution in [2.24, 2.45) is 0 Å². The molecule has 0 atom stereocenters. The van der Waals surface area contributed by atoms with Crippen molar-refractivity contribution < 1.29 is 9.59 Å². The van der Waals surface area contributed by atoms with E-state index < -0.39 is 0 Å². The van der Waals surface area contributed by atoms with E-state index in [0.29, 0.717) is 19.4 Å². The highest BCUT2D eigenvalue weighted by molar-refractivity contribution is 5.79. The standard InChI is InChI=1S/2C10H11NO/c12-10-7-9-4-2-1-3-8(9)5-6-11-10;12-10-6-5-8-3-1-2-4-9(8)7-11-10/h2*1-4H,5-7H2,(H,11,12). The van der Waals surface area contributed by atoms with Crippen molar-refractivity contribution in [2.45, 2.75) is 32.2 Å². The zero-order valence-electron chi connectivity index (χ0n) is 13.7. The molecule has 2 aliphatic rings. The van der Waals surface area contributed by atoms with Crippen LogP contribution in [0, 0.1) is 0 Å². The van der Waals surface area contributed by atoms with Crippen molar-refractivity contribution in [3.8, 4) is 0 Å². The third-order valence-corrected chi connectivity index (χ3v) is 4.40. The van der Waals surface area contributed by atoms with Crippen LogP contribution >= 0.6 is 0 Å². The molecule has 4 nitrogen and oxygen atoms in total. The largest absolute Gasteiger partial charge is 0.355 e. The summed E-state index contributed by atoms with van der Waals surface area (Å²) in [6.07, 6.45) is 3.00. The van der Waals surface area contributed by atoms with Gasteiger partial charge >= 0.3 is 0 Å². The number of aryl methyl sites for hydroxylation is 1. The van der Waals surface area contributed by atoms with Crippen molar-refractivity contribution in [1.29, 1.82) is 0 Å². The maximum atomic E-state index is 11.1. The number of hydrogen-bond donors (Lipinski definition) is 2. The lowest BCUT2D eigenvalue weighted by Gasteiger charge is -2.02. The molecule has 0 fully saturated rings. The number of benzene rings is 2. The summed E-state index contributed by atoms with van der Waals surface area (Å²) in [5, 5.41) is 5.71. The summed E-state index contributed by atoms with van der Waals surface area (Å²) in [4.78, 5) is 22.2. The van der Waals surface area contributed by atoms with Gasteiger partial charge in [0.1, 0.15) is 0 Å². The van der Waals surface area contributed by atoms with Gasteiger partial charge in [0, 0.05) is 19.5 Å². The molecule has 4 rings (SSSR count). The molecule has 0 saturated heterocycles. The molecule has 0 saturated carbocycles.